The van der Waals surface area contributed by atoms with Gasteiger partial charge in [-0.3, -0.25) is 20.2 Å². The van der Waals surface area contributed by atoms with Crippen LogP contribution in [0.15, 0.2) is 54.6 Å². The summed E-state index contributed by atoms with van der Waals surface area (Å²) in [5.41, 5.74) is 1.13. The van der Waals surface area contributed by atoms with Crippen LogP contribution < -0.4 is 15.4 Å². The van der Waals surface area contributed by atoms with E-state index >= 15 is 0 Å². The first-order valence-corrected chi connectivity index (χ1v) is 8.56. The Hall–Kier alpha value is -3.26. The molecular formula is C19H19N3O4S. The Morgan fingerprint density at radius 2 is 1.96 bits per heavy atom. The molecule has 8 heteroatoms. The van der Waals surface area contributed by atoms with E-state index in [0.717, 1.165) is 0 Å². The predicted octanol–water partition coefficient (Wildman–Crippen LogP) is 3.91. The lowest BCUT2D eigenvalue weighted by atomic mass is 10.2. The van der Waals surface area contributed by atoms with Gasteiger partial charge in [0.2, 0.25) is 5.91 Å². The van der Waals surface area contributed by atoms with Gasteiger partial charge in [-0.2, -0.15) is 0 Å². The smallest absolute Gasteiger partial charge is 0.270 e. The first-order chi connectivity index (χ1) is 12.8. The first kappa shape index (κ1) is 20.1. The van der Waals surface area contributed by atoms with Crippen LogP contribution in [-0.2, 0) is 4.79 Å². The molecule has 0 aliphatic carbocycles. The highest BCUT2D eigenvalue weighted by Gasteiger charge is 2.08. The molecule has 0 radical (unpaired) electrons. The lowest BCUT2D eigenvalue weighted by Gasteiger charge is -2.15. The van der Waals surface area contributed by atoms with Crippen LogP contribution in [0.5, 0.6) is 5.75 Å². The third-order valence-corrected chi connectivity index (χ3v) is 3.45. The van der Waals surface area contributed by atoms with E-state index in [4.69, 9.17) is 17.0 Å². The van der Waals surface area contributed by atoms with E-state index in [1.165, 1.54) is 24.3 Å². The molecule has 2 rings (SSSR count). The molecule has 140 valence electrons. The zero-order valence-corrected chi connectivity index (χ0v) is 15.7. The number of hydrogen-bond donors (Lipinski definition) is 2. The number of rotatable bonds is 6. The van der Waals surface area contributed by atoms with Crippen molar-refractivity contribution in [1.29, 1.82) is 0 Å². The highest BCUT2D eigenvalue weighted by atomic mass is 32.1. The standard InChI is InChI=1S/C19H19N3O4S/c1-13(2)26-17-9-4-3-8-16(17)20-19(27)21-18(23)11-10-14-6-5-7-15(12-14)22(24)25/h3-13H,1-2H3,(H2,20,21,23,27)/b11-10+. The number of para-hydroxylation sites is 2. The number of carbonyl (C=O) groups is 1. The molecule has 0 aliphatic rings. The highest BCUT2D eigenvalue weighted by Crippen LogP contribution is 2.24. The second-order valence-electron chi connectivity index (χ2n) is 5.79. The van der Waals surface area contributed by atoms with E-state index in [0.29, 0.717) is 17.0 Å². The minimum absolute atomic E-state index is 0.00558. The summed E-state index contributed by atoms with van der Waals surface area (Å²) < 4.78 is 5.68. The molecule has 0 heterocycles. The van der Waals surface area contributed by atoms with Crippen molar-refractivity contribution in [2.24, 2.45) is 0 Å². The summed E-state index contributed by atoms with van der Waals surface area (Å²) >= 11 is 5.15. The summed E-state index contributed by atoms with van der Waals surface area (Å²) in [7, 11) is 0. The molecule has 1 amide bonds. The molecule has 0 spiro atoms. The van der Waals surface area contributed by atoms with Crippen molar-refractivity contribution in [1.82, 2.24) is 5.32 Å². The average molecular weight is 385 g/mol. The molecule has 0 saturated carbocycles. The van der Waals surface area contributed by atoms with Gasteiger partial charge in [-0.15, -0.1) is 0 Å². The number of anilines is 1. The fourth-order valence-electron chi connectivity index (χ4n) is 2.15. The van der Waals surface area contributed by atoms with Crippen LogP contribution in [-0.4, -0.2) is 22.0 Å². The number of amides is 1. The Labute approximate surface area is 162 Å². The number of non-ortho nitro benzene ring substituents is 1. The van der Waals surface area contributed by atoms with Gasteiger partial charge in [0.1, 0.15) is 5.75 Å². The molecule has 7 nitrogen and oxygen atoms in total. The van der Waals surface area contributed by atoms with Crippen LogP contribution in [0, 0.1) is 10.1 Å². The van der Waals surface area contributed by atoms with Crippen molar-refractivity contribution in [2.45, 2.75) is 20.0 Å². The molecule has 2 aromatic carbocycles. The zero-order chi connectivity index (χ0) is 19.8. The topological polar surface area (TPSA) is 93.5 Å². The minimum Gasteiger partial charge on any atom is -0.489 e. The van der Waals surface area contributed by atoms with E-state index in [1.807, 2.05) is 26.0 Å². The monoisotopic (exact) mass is 385 g/mol. The molecular weight excluding hydrogens is 366 g/mol. The van der Waals surface area contributed by atoms with Gasteiger partial charge in [-0.1, -0.05) is 24.3 Å². The van der Waals surface area contributed by atoms with Gasteiger partial charge in [-0.25, -0.2) is 0 Å². The summed E-state index contributed by atoms with van der Waals surface area (Å²) in [5.74, 6) is 0.164. The number of nitro benzene ring substituents is 1. The van der Waals surface area contributed by atoms with E-state index in [1.54, 1.807) is 24.3 Å². The van der Waals surface area contributed by atoms with E-state index in [9.17, 15) is 14.9 Å². The Morgan fingerprint density at radius 3 is 2.67 bits per heavy atom. The van der Waals surface area contributed by atoms with E-state index in [-0.39, 0.29) is 16.9 Å². The maximum Gasteiger partial charge on any atom is 0.270 e. The first-order valence-electron chi connectivity index (χ1n) is 8.15. The number of hydrogen-bond acceptors (Lipinski definition) is 5. The largest absolute Gasteiger partial charge is 0.489 e. The van der Waals surface area contributed by atoms with Crippen molar-refractivity contribution < 1.29 is 14.5 Å². The summed E-state index contributed by atoms with van der Waals surface area (Å²) in [5, 5.41) is 16.3. The predicted molar refractivity (Wildman–Crippen MR) is 109 cm³/mol. The van der Waals surface area contributed by atoms with E-state index < -0.39 is 10.8 Å². The Bertz CT molecular complexity index is 881. The SMILES string of the molecule is CC(C)Oc1ccccc1NC(=S)NC(=O)/C=C/c1cccc([N+](=O)[O-])c1. The van der Waals surface area contributed by atoms with Crippen molar-refractivity contribution >= 4 is 40.7 Å². The molecule has 0 atom stereocenters. The van der Waals surface area contributed by atoms with Crippen LogP contribution in [0.1, 0.15) is 19.4 Å². The second kappa shape index (κ2) is 9.44. The van der Waals surface area contributed by atoms with Gasteiger partial charge in [-0.05, 0) is 49.8 Å². The van der Waals surface area contributed by atoms with Gasteiger partial charge in [0.05, 0.1) is 16.7 Å². The van der Waals surface area contributed by atoms with Gasteiger partial charge >= 0.3 is 0 Å². The van der Waals surface area contributed by atoms with Gasteiger partial charge in [0.15, 0.2) is 5.11 Å². The van der Waals surface area contributed by atoms with Crippen LogP contribution in [0.2, 0.25) is 0 Å². The molecule has 0 saturated heterocycles. The molecule has 2 N–H and O–H groups in total. The fourth-order valence-corrected chi connectivity index (χ4v) is 2.36. The van der Waals surface area contributed by atoms with Crippen molar-refractivity contribution in [3.63, 3.8) is 0 Å². The maximum atomic E-state index is 12.0. The molecule has 2 aromatic rings. The highest BCUT2D eigenvalue weighted by molar-refractivity contribution is 7.80. The maximum absolute atomic E-state index is 12.0. The van der Waals surface area contributed by atoms with Crippen molar-refractivity contribution in [2.75, 3.05) is 5.32 Å². The molecule has 0 aliphatic heterocycles. The lowest BCUT2D eigenvalue weighted by molar-refractivity contribution is -0.384. The van der Waals surface area contributed by atoms with Crippen LogP contribution in [0.4, 0.5) is 11.4 Å². The number of benzene rings is 2. The Morgan fingerprint density at radius 1 is 1.22 bits per heavy atom. The number of carbonyl (C=O) groups excluding carboxylic acids is 1. The molecule has 0 fully saturated rings. The molecule has 0 aromatic heterocycles. The van der Waals surface area contributed by atoms with Crippen LogP contribution in [0.25, 0.3) is 6.08 Å². The number of nitrogens with zero attached hydrogens (tertiary/aromatic N) is 1. The zero-order valence-electron chi connectivity index (χ0n) is 14.8. The molecule has 27 heavy (non-hydrogen) atoms. The summed E-state index contributed by atoms with van der Waals surface area (Å²) in [4.78, 5) is 22.3. The van der Waals surface area contributed by atoms with Gasteiger partial charge < -0.3 is 10.1 Å². The van der Waals surface area contributed by atoms with Crippen LogP contribution in [0.3, 0.4) is 0 Å². The minimum atomic E-state index is -0.493. The number of nitrogens with one attached hydrogen (secondary N) is 2. The number of nitro groups is 1. The Kier molecular flexibility index (Phi) is 7.01. The van der Waals surface area contributed by atoms with Crippen LogP contribution >= 0.6 is 12.2 Å². The van der Waals surface area contributed by atoms with E-state index in [2.05, 4.69) is 10.6 Å². The van der Waals surface area contributed by atoms with Crippen molar-refractivity contribution in [3.8, 4) is 5.75 Å². The quantitative estimate of drug-likeness (QED) is 0.339. The molecule has 0 bridgehead atoms. The normalized spacial score (nSPS) is 10.6. The lowest BCUT2D eigenvalue weighted by Crippen LogP contribution is -2.33. The summed E-state index contributed by atoms with van der Waals surface area (Å²) in [6.07, 6.45) is 2.72. The number of ether oxygens (including phenoxy) is 1. The number of thiocarbonyl (C=S) groups is 1. The van der Waals surface area contributed by atoms with Gasteiger partial charge in [0, 0.05) is 18.2 Å². The second-order valence-corrected chi connectivity index (χ2v) is 6.20. The third-order valence-electron chi connectivity index (χ3n) is 3.24. The summed E-state index contributed by atoms with van der Waals surface area (Å²) in [6.45, 7) is 3.82. The van der Waals surface area contributed by atoms with Crippen molar-refractivity contribution in [3.05, 3.63) is 70.3 Å². The van der Waals surface area contributed by atoms with Gasteiger partial charge in [0.25, 0.3) is 5.69 Å². The Balaban J connectivity index is 1.97. The summed E-state index contributed by atoms with van der Waals surface area (Å²) in [6, 6.07) is 13.2. The average Bonchev–Trinajstić information content (AvgIpc) is 2.61. The molecule has 0 unspecified atom stereocenters. The third kappa shape index (κ3) is 6.52. The fraction of sp³-hybridized carbons (Fsp3) is 0.158.